The Labute approximate surface area is 191 Å². The molecule has 0 amide bonds. The number of nitrogens with one attached hydrogen (secondary N) is 3. The first-order valence-electron chi connectivity index (χ1n) is 11.1. The van der Waals surface area contributed by atoms with Crippen molar-refractivity contribution < 1.29 is 4.74 Å². The zero-order valence-electron chi connectivity index (χ0n) is 18.2. The number of hydrogen-bond acceptors (Lipinski definition) is 8. The van der Waals surface area contributed by atoms with Gasteiger partial charge in [-0.05, 0) is 32.4 Å². The first kappa shape index (κ1) is 21.1. The summed E-state index contributed by atoms with van der Waals surface area (Å²) in [5.41, 5.74) is 3.44. The van der Waals surface area contributed by atoms with Crippen molar-refractivity contribution in [3.05, 3.63) is 45.6 Å². The number of benzene rings is 1. The van der Waals surface area contributed by atoms with Crippen LogP contribution in [0.4, 0.5) is 11.8 Å². The van der Waals surface area contributed by atoms with E-state index in [1.54, 1.807) is 0 Å². The van der Waals surface area contributed by atoms with E-state index in [-0.39, 0.29) is 11.6 Å². The standard InChI is InChI=1S/C23H28N6O2S/c1-15-4-2-5-16(12-15)18-14-32-22(26-18)19-20(25-17-6-3-7-24-13-17)27-23(28-21(19)30)29-8-10-31-11-9-29/h2,4-5,12,14,17,24H,3,6-11,13H2,1H3,(H2,25,27,28,30)/t17-/m1/s1. The summed E-state index contributed by atoms with van der Waals surface area (Å²) < 4.78 is 5.46. The third-order valence-corrected chi connectivity index (χ3v) is 6.75. The molecule has 3 aromatic rings. The van der Waals surface area contributed by atoms with Crippen molar-refractivity contribution in [1.82, 2.24) is 20.3 Å². The summed E-state index contributed by atoms with van der Waals surface area (Å²) in [6.45, 7) is 6.63. The smallest absolute Gasteiger partial charge is 0.264 e. The lowest BCUT2D eigenvalue weighted by atomic mass is 10.1. The second-order valence-electron chi connectivity index (χ2n) is 8.31. The number of thiazole rings is 1. The lowest BCUT2D eigenvalue weighted by Crippen LogP contribution is -2.40. The van der Waals surface area contributed by atoms with Crippen LogP contribution in [0.1, 0.15) is 18.4 Å². The van der Waals surface area contributed by atoms with Gasteiger partial charge in [0.2, 0.25) is 5.95 Å². The van der Waals surface area contributed by atoms with Gasteiger partial charge in [0, 0.05) is 36.6 Å². The number of hydrogen-bond donors (Lipinski definition) is 3. The fourth-order valence-corrected chi connectivity index (χ4v) is 5.05. The summed E-state index contributed by atoms with van der Waals surface area (Å²) in [6, 6.07) is 8.47. The van der Waals surface area contributed by atoms with Gasteiger partial charge in [0.25, 0.3) is 5.56 Å². The fraction of sp³-hybridized carbons (Fsp3) is 0.435. The third kappa shape index (κ3) is 4.55. The molecule has 3 N–H and O–H groups in total. The topological polar surface area (TPSA) is 95.2 Å². The summed E-state index contributed by atoms with van der Waals surface area (Å²) in [6.07, 6.45) is 2.14. The van der Waals surface area contributed by atoms with Crippen LogP contribution in [0.5, 0.6) is 0 Å². The zero-order valence-corrected chi connectivity index (χ0v) is 19.0. The molecule has 2 fully saturated rings. The second kappa shape index (κ2) is 9.40. The van der Waals surface area contributed by atoms with Crippen LogP contribution in [0.3, 0.4) is 0 Å². The van der Waals surface area contributed by atoms with Crippen molar-refractivity contribution in [2.24, 2.45) is 0 Å². The molecule has 2 aliphatic heterocycles. The van der Waals surface area contributed by atoms with Crippen molar-refractivity contribution in [3.8, 4) is 21.8 Å². The first-order chi connectivity index (χ1) is 15.7. The minimum Gasteiger partial charge on any atom is -0.378 e. The molecule has 0 saturated carbocycles. The molecule has 2 aromatic heterocycles. The molecule has 0 spiro atoms. The average Bonchev–Trinajstić information content (AvgIpc) is 3.30. The van der Waals surface area contributed by atoms with Crippen LogP contribution in [0.15, 0.2) is 34.4 Å². The molecule has 32 heavy (non-hydrogen) atoms. The molecular formula is C23H28N6O2S. The van der Waals surface area contributed by atoms with Gasteiger partial charge in [-0.15, -0.1) is 11.3 Å². The van der Waals surface area contributed by atoms with Crippen molar-refractivity contribution in [1.29, 1.82) is 0 Å². The molecule has 168 valence electrons. The average molecular weight is 453 g/mol. The van der Waals surface area contributed by atoms with Gasteiger partial charge in [-0.3, -0.25) is 9.78 Å². The van der Waals surface area contributed by atoms with E-state index in [4.69, 9.17) is 14.7 Å². The van der Waals surface area contributed by atoms with E-state index in [1.807, 2.05) is 17.5 Å². The summed E-state index contributed by atoms with van der Waals surface area (Å²) in [5, 5.41) is 9.64. The predicted octanol–water partition coefficient (Wildman–Crippen LogP) is 2.87. The highest BCUT2D eigenvalue weighted by atomic mass is 32.1. The van der Waals surface area contributed by atoms with E-state index in [0.717, 1.165) is 37.2 Å². The predicted molar refractivity (Wildman–Crippen MR) is 129 cm³/mol. The van der Waals surface area contributed by atoms with Gasteiger partial charge in [-0.25, -0.2) is 4.98 Å². The van der Waals surface area contributed by atoms with E-state index in [9.17, 15) is 4.79 Å². The highest BCUT2D eigenvalue weighted by Crippen LogP contribution is 2.32. The summed E-state index contributed by atoms with van der Waals surface area (Å²) in [7, 11) is 0. The Morgan fingerprint density at radius 3 is 2.91 bits per heavy atom. The molecule has 0 aliphatic carbocycles. The monoisotopic (exact) mass is 452 g/mol. The number of anilines is 2. The highest BCUT2D eigenvalue weighted by molar-refractivity contribution is 7.13. The Bertz CT molecular complexity index is 1130. The Kier molecular flexibility index (Phi) is 6.20. The van der Waals surface area contributed by atoms with E-state index >= 15 is 0 Å². The van der Waals surface area contributed by atoms with Crippen molar-refractivity contribution in [3.63, 3.8) is 0 Å². The molecule has 8 nitrogen and oxygen atoms in total. The van der Waals surface area contributed by atoms with Crippen LogP contribution in [0.25, 0.3) is 21.8 Å². The van der Waals surface area contributed by atoms with Gasteiger partial charge in [0.1, 0.15) is 16.4 Å². The van der Waals surface area contributed by atoms with E-state index in [1.165, 1.54) is 16.9 Å². The molecule has 2 saturated heterocycles. The lowest BCUT2D eigenvalue weighted by molar-refractivity contribution is 0.122. The minimum atomic E-state index is -0.169. The first-order valence-corrected chi connectivity index (χ1v) is 12.0. The van der Waals surface area contributed by atoms with Gasteiger partial charge >= 0.3 is 0 Å². The molecular weight excluding hydrogens is 424 g/mol. The van der Waals surface area contributed by atoms with Gasteiger partial charge in [0.05, 0.1) is 18.9 Å². The zero-order chi connectivity index (χ0) is 21.9. The van der Waals surface area contributed by atoms with Gasteiger partial charge < -0.3 is 20.3 Å². The SMILES string of the molecule is Cc1cccc(-c2csc(-c3c(N[C@@H]4CCCNC4)nc(N4CCOCC4)[nH]c3=O)n2)c1. The molecule has 1 atom stereocenters. The largest absolute Gasteiger partial charge is 0.378 e. The number of piperidine rings is 1. The van der Waals surface area contributed by atoms with Crippen LogP contribution in [0.2, 0.25) is 0 Å². The van der Waals surface area contributed by atoms with Crippen LogP contribution in [-0.4, -0.2) is 60.4 Å². The normalized spacial score (nSPS) is 19.2. The maximum Gasteiger partial charge on any atom is 0.264 e. The van der Waals surface area contributed by atoms with E-state index in [0.29, 0.717) is 48.6 Å². The summed E-state index contributed by atoms with van der Waals surface area (Å²) in [5.74, 6) is 1.19. The van der Waals surface area contributed by atoms with Crippen molar-refractivity contribution in [2.75, 3.05) is 49.6 Å². The van der Waals surface area contributed by atoms with Crippen LogP contribution in [0, 0.1) is 6.92 Å². The molecule has 1 aromatic carbocycles. The Morgan fingerprint density at radius 1 is 1.25 bits per heavy atom. The lowest BCUT2D eigenvalue weighted by Gasteiger charge is -2.29. The number of nitrogens with zero attached hydrogens (tertiary/aromatic N) is 3. The van der Waals surface area contributed by atoms with Crippen LogP contribution >= 0.6 is 11.3 Å². The van der Waals surface area contributed by atoms with Gasteiger partial charge in [0.15, 0.2) is 0 Å². The van der Waals surface area contributed by atoms with E-state index in [2.05, 4.69) is 39.6 Å². The van der Waals surface area contributed by atoms with Crippen molar-refractivity contribution >= 4 is 23.1 Å². The summed E-state index contributed by atoms with van der Waals surface area (Å²) >= 11 is 1.47. The maximum atomic E-state index is 13.3. The molecule has 0 radical (unpaired) electrons. The number of H-pyrrole nitrogens is 1. The van der Waals surface area contributed by atoms with Crippen LogP contribution < -0.4 is 21.1 Å². The second-order valence-corrected chi connectivity index (χ2v) is 9.17. The summed E-state index contributed by atoms with van der Waals surface area (Å²) in [4.78, 5) is 28.1. The maximum absolute atomic E-state index is 13.3. The third-order valence-electron chi connectivity index (χ3n) is 5.89. The van der Waals surface area contributed by atoms with E-state index < -0.39 is 0 Å². The fourth-order valence-electron chi connectivity index (χ4n) is 4.18. The number of ether oxygens (including phenoxy) is 1. The Hall–Kier alpha value is -2.75. The molecule has 5 rings (SSSR count). The van der Waals surface area contributed by atoms with Gasteiger partial charge in [-0.1, -0.05) is 23.8 Å². The Morgan fingerprint density at radius 2 is 2.12 bits per heavy atom. The number of aryl methyl sites for hydroxylation is 1. The van der Waals surface area contributed by atoms with Crippen LogP contribution in [-0.2, 0) is 4.74 Å². The Balaban J connectivity index is 1.53. The molecule has 0 bridgehead atoms. The number of morpholine rings is 1. The number of rotatable bonds is 5. The molecule has 4 heterocycles. The van der Waals surface area contributed by atoms with Crippen molar-refractivity contribution in [2.45, 2.75) is 25.8 Å². The highest BCUT2D eigenvalue weighted by Gasteiger charge is 2.23. The number of aromatic nitrogens is 3. The number of aromatic amines is 1. The molecule has 2 aliphatic rings. The van der Waals surface area contributed by atoms with Gasteiger partial charge in [-0.2, -0.15) is 4.98 Å². The quantitative estimate of drug-likeness (QED) is 0.548. The minimum absolute atomic E-state index is 0.169. The molecule has 9 heteroatoms. The molecule has 0 unspecified atom stereocenters.